The number of H-pyrrole nitrogens is 1. The predicted octanol–water partition coefficient (Wildman–Crippen LogP) is 0.971. The second kappa shape index (κ2) is 5.21. The summed E-state index contributed by atoms with van der Waals surface area (Å²) in [7, 11) is 0. The zero-order valence-corrected chi connectivity index (χ0v) is 11.5. The number of carbonyl (C=O) groups excluding carboxylic acids is 1. The molecule has 19 heavy (non-hydrogen) atoms. The predicted molar refractivity (Wildman–Crippen MR) is 72.7 cm³/mol. The number of anilines is 1. The van der Waals surface area contributed by atoms with Crippen molar-refractivity contribution in [3.63, 3.8) is 0 Å². The molecule has 0 bridgehead atoms. The first-order valence-corrected chi connectivity index (χ1v) is 6.71. The number of hydrogen-bond donors (Lipinski definition) is 4. The van der Waals surface area contributed by atoms with E-state index in [0.29, 0.717) is 17.3 Å². The monoisotopic (exact) mass is 266 g/mol. The molecule has 0 spiro atoms. The molecule has 1 aromatic rings. The van der Waals surface area contributed by atoms with E-state index in [2.05, 4.69) is 22.4 Å². The van der Waals surface area contributed by atoms with Crippen molar-refractivity contribution in [3.05, 3.63) is 11.4 Å². The highest BCUT2D eigenvalue weighted by Gasteiger charge is 2.36. The molecule has 106 valence electrons. The van der Waals surface area contributed by atoms with Crippen LogP contribution in [0, 0.1) is 12.8 Å². The third kappa shape index (κ3) is 2.73. The van der Waals surface area contributed by atoms with Gasteiger partial charge in [0.25, 0.3) is 5.91 Å². The Morgan fingerprint density at radius 1 is 1.58 bits per heavy atom. The molecule has 1 heterocycles. The number of aliphatic hydroxyl groups is 1. The number of nitrogen functional groups attached to an aromatic ring is 1. The first-order chi connectivity index (χ1) is 8.97. The van der Waals surface area contributed by atoms with Crippen LogP contribution >= 0.6 is 0 Å². The standard InChI is InChI=1S/C13H22N4O2/c1-8-3-5-13(7-18,6-4-8)15-12(19)11-10(14)9(2)16-17-11/h8,18H,3-7,14H2,1-2H3,(H,15,19)(H,16,17). The maximum absolute atomic E-state index is 12.2. The van der Waals surface area contributed by atoms with Gasteiger partial charge in [-0.05, 0) is 38.5 Å². The second-order valence-electron chi connectivity index (χ2n) is 5.69. The molecule has 1 fully saturated rings. The van der Waals surface area contributed by atoms with Gasteiger partial charge in [0.15, 0.2) is 5.69 Å². The molecule has 1 aliphatic carbocycles. The van der Waals surface area contributed by atoms with E-state index in [1.165, 1.54) is 0 Å². The topological polar surface area (TPSA) is 104 Å². The lowest BCUT2D eigenvalue weighted by Crippen LogP contribution is -2.53. The number of aromatic amines is 1. The average molecular weight is 266 g/mol. The highest BCUT2D eigenvalue weighted by atomic mass is 16.3. The summed E-state index contributed by atoms with van der Waals surface area (Å²) < 4.78 is 0. The molecule has 0 aliphatic heterocycles. The maximum Gasteiger partial charge on any atom is 0.274 e. The van der Waals surface area contributed by atoms with E-state index in [4.69, 9.17) is 5.73 Å². The van der Waals surface area contributed by atoms with E-state index >= 15 is 0 Å². The highest BCUT2D eigenvalue weighted by Crippen LogP contribution is 2.32. The number of aliphatic hydroxyl groups excluding tert-OH is 1. The molecule has 0 radical (unpaired) electrons. The van der Waals surface area contributed by atoms with Gasteiger partial charge >= 0.3 is 0 Å². The van der Waals surface area contributed by atoms with E-state index in [1.807, 2.05) is 0 Å². The van der Waals surface area contributed by atoms with Crippen molar-refractivity contribution in [2.24, 2.45) is 5.92 Å². The van der Waals surface area contributed by atoms with Crippen LogP contribution in [0.3, 0.4) is 0 Å². The average Bonchev–Trinajstić information content (AvgIpc) is 2.73. The number of hydrogen-bond acceptors (Lipinski definition) is 4. The molecule has 0 unspecified atom stereocenters. The van der Waals surface area contributed by atoms with Crippen LogP contribution in [-0.2, 0) is 0 Å². The van der Waals surface area contributed by atoms with Crippen molar-refractivity contribution >= 4 is 11.6 Å². The highest BCUT2D eigenvalue weighted by molar-refractivity contribution is 5.98. The van der Waals surface area contributed by atoms with Gasteiger partial charge in [-0.3, -0.25) is 9.89 Å². The van der Waals surface area contributed by atoms with Gasteiger partial charge in [0.2, 0.25) is 0 Å². The summed E-state index contributed by atoms with van der Waals surface area (Å²) in [4.78, 5) is 12.2. The van der Waals surface area contributed by atoms with Gasteiger partial charge in [-0.2, -0.15) is 5.10 Å². The zero-order valence-electron chi connectivity index (χ0n) is 11.5. The minimum absolute atomic E-state index is 0.0469. The zero-order chi connectivity index (χ0) is 14.0. The molecule has 2 rings (SSSR count). The first kappa shape index (κ1) is 13.9. The fraction of sp³-hybridized carbons (Fsp3) is 0.692. The quantitative estimate of drug-likeness (QED) is 0.654. The van der Waals surface area contributed by atoms with Crippen molar-refractivity contribution in [1.29, 1.82) is 0 Å². The van der Waals surface area contributed by atoms with Crippen LogP contribution < -0.4 is 11.1 Å². The summed E-state index contributed by atoms with van der Waals surface area (Å²) in [5, 5.41) is 19.2. The fourth-order valence-corrected chi connectivity index (χ4v) is 2.55. The van der Waals surface area contributed by atoms with E-state index in [1.54, 1.807) is 6.92 Å². The number of aromatic nitrogens is 2. The third-order valence-corrected chi connectivity index (χ3v) is 4.12. The van der Waals surface area contributed by atoms with Crippen LogP contribution in [0.5, 0.6) is 0 Å². The van der Waals surface area contributed by atoms with Crippen LogP contribution in [0.15, 0.2) is 0 Å². The van der Waals surface area contributed by atoms with E-state index in [-0.39, 0.29) is 18.2 Å². The molecule has 1 saturated carbocycles. The Bertz CT molecular complexity index is 461. The molecule has 6 nitrogen and oxygen atoms in total. The molecule has 5 N–H and O–H groups in total. The van der Waals surface area contributed by atoms with E-state index < -0.39 is 5.54 Å². The lowest BCUT2D eigenvalue weighted by molar-refractivity contribution is 0.0713. The van der Waals surface area contributed by atoms with E-state index in [9.17, 15) is 9.90 Å². The van der Waals surface area contributed by atoms with E-state index in [0.717, 1.165) is 25.7 Å². The van der Waals surface area contributed by atoms with Crippen molar-refractivity contribution in [2.75, 3.05) is 12.3 Å². The smallest absolute Gasteiger partial charge is 0.274 e. The summed E-state index contributed by atoms with van der Waals surface area (Å²) in [6.45, 7) is 3.91. The van der Waals surface area contributed by atoms with Crippen LogP contribution in [0.1, 0.15) is 48.8 Å². The van der Waals surface area contributed by atoms with Gasteiger partial charge in [-0.25, -0.2) is 0 Å². The largest absolute Gasteiger partial charge is 0.395 e. The number of amides is 1. The summed E-state index contributed by atoms with van der Waals surface area (Å²) in [6.07, 6.45) is 3.60. The van der Waals surface area contributed by atoms with Crippen LogP contribution in [0.4, 0.5) is 5.69 Å². The molecule has 0 aromatic carbocycles. The van der Waals surface area contributed by atoms with Gasteiger partial charge in [-0.1, -0.05) is 6.92 Å². The number of aryl methyl sites for hydroxylation is 1. The van der Waals surface area contributed by atoms with Crippen molar-refractivity contribution in [2.45, 2.75) is 45.1 Å². The molecule has 6 heteroatoms. The molecular formula is C13H22N4O2. The number of nitrogens with two attached hydrogens (primary N) is 1. The Balaban J connectivity index is 2.10. The lowest BCUT2D eigenvalue weighted by atomic mass is 9.77. The van der Waals surface area contributed by atoms with Crippen LogP contribution in [-0.4, -0.2) is 33.4 Å². The van der Waals surface area contributed by atoms with Gasteiger partial charge in [0, 0.05) is 0 Å². The molecule has 0 saturated heterocycles. The Hall–Kier alpha value is -1.56. The molecule has 0 atom stereocenters. The Labute approximate surface area is 112 Å². The number of nitrogens with zero attached hydrogens (tertiary/aromatic N) is 1. The van der Waals surface area contributed by atoms with Gasteiger partial charge in [0.05, 0.1) is 23.5 Å². The minimum Gasteiger partial charge on any atom is -0.395 e. The number of nitrogens with one attached hydrogen (secondary N) is 2. The summed E-state index contributed by atoms with van der Waals surface area (Å²) in [5.41, 5.74) is 6.54. The molecule has 1 amide bonds. The summed E-state index contributed by atoms with van der Waals surface area (Å²) in [5.74, 6) is 0.333. The Kier molecular flexibility index (Phi) is 3.80. The van der Waals surface area contributed by atoms with Gasteiger partial charge in [-0.15, -0.1) is 0 Å². The normalized spacial score (nSPS) is 27.2. The van der Waals surface area contributed by atoms with Gasteiger partial charge in [0.1, 0.15) is 0 Å². The van der Waals surface area contributed by atoms with Crippen molar-refractivity contribution in [1.82, 2.24) is 15.5 Å². The van der Waals surface area contributed by atoms with Crippen LogP contribution in [0.2, 0.25) is 0 Å². The van der Waals surface area contributed by atoms with Crippen molar-refractivity contribution < 1.29 is 9.90 Å². The minimum atomic E-state index is -0.525. The first-order valence-electron chi connectivity index (χ1n) is 6.71. The number of carbonyl (C=O) groups is 1. The lowest BCUT2D eigenvalue weighted by Gasteiger charge is -2.38. The molecule has 1 aromatic heterocycles. The Morgan fingerprint density at radius 2 is 2.21 bits per heavy atom. The summed E-state index contributed by atoms with van der Waals surface area (Å²) in [6, 6.07) is 0. The second-order valence-corrected chi connectivity index (χ2v) is 5.69. The Morgan fingerprint density at radius 3 is 2.68 bits per heavy atom. The molecule has 1 aliphatic rings. The number of rotatable bonds is 3. The van der Waals surface area contributed by atoms with Crippen LogP contribution in [0.25, 0.3) is 0 Å². The maximum atomic E-state index is 12.2. The summed E-state index contributed by atoms with van der Waals surface area (Å²) >= 11 is 0. The third-order valence-electron chi connectivity index (χ3n) is 4.12. The molecular weight excluding hydrogens is 244 g/mol. The van der Waals surface area contributed by atoms with Gasteiger partial charge < -0.3 is 16.2 Å². The SMILES string of the molecule is Cc1[nH]nc(C(=O)NC2(CO)CCC(C)CC2)c1N. The van der Waals surface area contributed by atoms with Crippen molar-refractivity contribution in [3.8, 4) is 0 Å². The fourth-order valence-electron chi connectivity index (χ4n) is 2.55.